The third-order valence-corrected chi connectivity index (χ3v) is 4.10. The molecule has 0 fully saturated rings. The summed E-state index contributed by atoms with van der Waals surface area (Å²) in [5.41, 5.74) is 1.24. The maximum atomic E-state index is 14.6. The molecule has 0 unspecified atom stereocenters. The van der Waals surface area contributed by atoms with Gasteiger partial charge in [-0.25, -0.2) is 0 Å². The Bertz CT molecular complexity index is 955. The first kappa shape index (κ1) is 15.7. The van der Waals surface area contributed by atoms with Gasteiger partial charge < -0.3 is 22.3 Å². The summed E-state index contributed by atoms with van der Waals surface area (Å²) in [5.74, 6) is -0.406. The molecule has 1 aromatic heterocycles. The Balaban J connectivity index is 1.90. The summed E-state index contributed by atoms with van der Waals surface area (Å²) < 4.78 is 72.3. The average molecular weight is 352 g/mol. The summed E-state index contributed by atoms with van der Waals surface area (Å²) >= 11 is 0. The smallest absolute Gasteiger partial charge is 0.406 e. The Morgan fingerprint density at radius 3 is 2.64 bits per heavy atom. The lowest BCUT2D eigenvalue weighted by molar-refractivity contribution is -0.356. The van der Waals surface area contributed by atoms with Gasteiger partial charge in [0.1, 0.15) is 12.0 Å². The average Bonchev–Trinajstić information content (AvgIpc) is 3.16. The fraction of sp³-hybridized carbons (Fsp3) is 0.0625. The molecule has 9 heteroatoms. The van der Waals surface area contributed by atoms with Crippen molar-refractivity contribution < 1.29 is 31.0 Å². The van der Waals surface area contributed by atoms with E-state index in [2.05, 4.69) is 4.74 Å². The summed E-state index contributed by atoms with van der Waals surface area (Å²) in [7, 11) is 0. The molecule has 2 aromatic rings. The number of alkyl halides is 3. The topological polar surface area (TPSA) is 17.2 Å². The summed E-state index contributed by atoms with van der Waals surface area (Å²) in [4.78, 5) is 0. The fourth-order valence-corrected chi connectivity index (χ4v) is 3.16. The van der Waals surface area contributed by atoms with Crippen LogP contribution in [0.3, 0.4) is 0 Å². The van der Waals surface area contributed by atoms with E-state index in [0.29, 0.717) is 11.1 Å². The third kappa shape index (κ3) is 2.46. The van der Waals surface area contributed by atoms with Gasteiger partial charge in [-0.3, -0.25) is 0 Å². The standard InChI is InChI=1S/C16H10BF5N2O/c18-16(19,20)25-12-5-1-4-11(10-12)15-13-6-2-8-23(13)17(21,22)24-9-3-7-14(15)24/h1-10H. The van der Waals surface area contributed by atoms with Crippen molar-refractivity contribution >= 4 is 18.8 Å². The van der Waals surface area contributed by atoms with E-state index in [1.807, 2.05) is 0 Å². The Labute approximate surface area is 139 Å². The second-order valence-corrected chi connectivity index (χ2v) is 5.64. The molecule has 0 saturated heterocycles. The molecule has 3 heterocycles. The first-order valence-corrected chi connectivity index (χ1v) is 7.37. The van der Waals surface area contributed by atoms with Crippen LogP contribution in [-0.2, 0) is 0 Å². The van der Waals surface area contributed by atoms with E-state index in [1.54, 1.807) is 6.07 Å². The number of rotatable bonds is 2. The zero-order valence-corrected chi connectivity index (χ0v) is 12.5. The highest BCUT2D eigenvalue weighted by atomic mass is 19.4. The zero-order valence-electron chi connectivity index (χ0n) is 12.5. The lowest BCUT2D eigenvalue weighted by Crippen LogP contribution is -2.49. The second-order valence-electron chi connectivity index (χ2n) is 5.64. The van der Waals surface area contributed by atoms with E-state index < -0.39 is 19.1 Å². The van der Waals surface area contributed by atoms with Crippen LogP contribution in [0.5, 0.6) is 5.75 Å². The number of fused-ring (bicyclic) bond motifs is 2. The first-order chi connectivity index (χ1) is 11.8. The van der Waals surface area contributed by atoms with E-state index in [1.165, 1.54) is 48.8 Å². The van der Waals surface area contributed by atoms with Crippen LogP contribution in [0.25, 0.3) is 5.57 Å². The minimum atomic E-state index is -4.83. The van der Waals surface area contributed by atoms with Crippen molar-refractivity contribution in [3.05, 3.63) is 71.7 Å². The fourth-order valence-electron chi connectivity index (χ4n) is 3.16. The van der Waals surface area contributed by atoms with Crippen molar-refractivity contribution in [1.82, 2.24) is 4.48 Å². The van der Waals surface area contributed by atoms with Crippen molar-refractivity contribution in [2.45, 2.75) is 6.36 Å². The summed E-state index contributed by atoms with van der Waals surface area (Å²) in [6, 6.07) is 8.29. The van der Waals surface area contributed by atoms with Crippen LogP contribution in [-0.4, -0.2) is 28.5 Å². The number of hydrogen-bond acceptors (Lipinski definition) is 1. The summed E-state index contributed by atoms with van der Waals surface area (Å²) in [6.07, 6.45) is 0.682. The van der Waals surface area contributed by atoms with Crippen LogP contribution in [0.15, 0.2) is 60.4 Å². The van der Waals surface area contributed by atoms with E-state index in [0.717, 1.165) is 15.0 Å². The zero-order chi connectivity index (χ0) is 17.8. The van der Waals surface area contributed by atoms with Crippen LogP contribution >= 0.6 is 0 Å². The molecule has 4 rings (SSSR count). The lowest BCUT2D eigenvalue weighted by atomic mass is 9.86. The molecule has 0 radical (unpaired) electrons. The molecule has 0 bridgehead atoms. The molecule has 25 heavy (non-hydrogen) atoms. The Hall–Kier alpha value is -2.84. The number of allylic oxidation sites excluding steroid dienone is 2. The summed E-state index contributed by atoms with van der Waals surface area (Å²) in [5, 5.41) is 0. The van der Waals surface area contributed by atoms with Crippen molar-refractivity contribution in [2.24, 2.45) is 0 Å². The van der Waals surface area contributed by atoms with Gasteiger partial charge in [0.15, 0.2) is 5.70 Å². The maximum Gasteiger partial charge on any atom is 0.737 e. The minimum absolute atomic E-state index is 0.236. The molecule has 2 aliphatic rings. The molecule has 0 atom stereocenters. The highest BCUT2D eigenvalue weighted by Gasteiger charge is 2.51. The molecular formula is C16H10BF5N2O. The number of ether oxygens (including phenoxy) is 1. The van der Waals surface area contributed by atoms with E-state index >= 15 is 0 Å². The number of halogens is 5. The largest absolute Gasteiger partial charge is 0.737 e. The molecule has 0 N–H and O–H groups in total. The van der Waals surface area contributed by atoms with Gasteiger partial charge in [0.05, 0.1) is 5.57 Å². The van der Waals surface area contributed by atoms with Gasteiger partial charge in [0, 0.05) is 17.8 Å². The van der Waals surface area contributed by atoms with Gasteiger partial charge >= 0.3 is 13.3 Å². The second kappa shape index (κ2) is 5.08. The molecule has 0 amide bonds. The predicted octanol–water partition coefficient (Wildman–Crippen LogP) is 4.04. The van der Waals surface area contributed by atoms with E-state index in [4.69, 9.17) is 0 Å². The van der Waals surface area contributed by atoms with E-state index in [-0.39, 0.29) is 11.4 Å². The number of aromatic nitrogens is 1. The van der Waals surface area contributed by atoms with Crippen LogP contribution in [0.2, 0.25) is 0 Å². The Morgan fingerprint density at radius 2 is 1.88 bits per heavy atom. The molecule has 0 saturated carbocycles. The van der Waals surface area contributed by atoms with Crippen molar-refractivity contribution in [3.8, 4) is 5.75 Å². The molecule has 0 spiro atoms. The Morgan fingerprint density at radius 1 is 1.08 bits per heavy atom. The van der Waals surface area contributed by atoms with Gasteiger partial charge in [-0.05, 0) is 36.0 Å². The normalized spacial score (nSPS) is 18.0. The van der Waals surface area contributed by atoms with Gasteiger partial charge in [0.2, 0.25) is 0 Å². The van der Waals surface area contributed by atoms with Gasteiger partial charge in [-0.15, -0.1) is 13.2 Å². The van der Waals surface area contributed by atoms with Gasteiger partial charge in [0.25, 0.3) is 0 Å². The van der Waals surface area contributed by atoms with Gasteiger partial charge in [-0.2, -0.15) is 0 Å². The van der Waals surface area contributed by atoms with Crippen molar-refractivity contribution in [3.63, 3.8) is 0 Å². The molecule has 128 valence electrons. The maximum absolute atomic E-state index is 14.6. The third-order valence-electron chi connectivity index (χ3n) is 4.10. The quantitative estimate of drug-likeness (QED) is 0.589. The van der Waals surface area contributed by atoms with Crippen LogP contribution in [0.1, 0.15) is 11.3 Å². The van der Waals surface area contributed by atoms with Gasteiger partial charge in [-0.1, -0.05) is 12.1 Å². The van der Waals surface area contributed by atoms with Crippen LogP contribution < -0.4 is 4.74 Å². The highest BCUT2D eigenvalue weighted by molar-refractivity contribution is 6.57. The molecule has 2 aliphatic heterocycles. The lowest BCUT2D eigenvalue weighted by Gasteiger charge is -2.30. The minimum Gasteiger partial charge on any atom is -0.406 e. The predicted molar refractivity (Wildman–Crippen MR) is 82.4 cm³/mol. The Kier molecular flexibility index (Phi) is 3.19. The highest BCUT2D eigenvalue weighted by Crippen LogP contribution is 2.39. The van der Waals surface area contributed by atoms with Crippen LogP contribution in [0.4, 0.5) is 21.8 Å². The molecular weight excluding hydrogens is 342 g/mol. The number of nitrogens with zero attached hydrogens (tertiary/aromatic N) is 2. The molecule has 1 aromatic carbocycles. The van der Waals surface area contributed by atoms with Crippen molar-refractivity contribution in [2.75, 3.05) is 0 Å². The van der Waals surface area contributed by atoms with E-state index in [9.17, 15) is 21.8 Å². The molecule has 0 aliphatic carbocycles. The molecule has 3 nitrogen and oxygen atoms in total. The SMILES string of the molecule is F[B-]1(F)n2cccc2C(c2cccc(OC(F)(F)F)c2)=C2C=CC=[N+]21. The summed E-state index contributed by atoms with van der Waals surface area (Å²) in [6.45, 7) is -4.05. The number of benzene rings is 1. The van der Waals surface area contributed by atoms with Crippen molar-refractivity contribution in [1.29, 1.82) is 0 Å². The van der Waals surface area contributed by atoms with Crippen LogP contribution in [0, 0.1) is 0 Å². The monoisotopic (exact) mass is 352 g/mol. The first-order valence-electron chi connectivity index (χ1n) is 7.37. The number of hydrogen-bond donors (Lipinski definition) is 0.